The summed E-state index contributed by atoms with van der Waals surface area (Å²) < 4.78 is 16.1. The first-order valence-electron chi connectivity index (χ1n) is 9.66. The number of hydrogen-bond acceptors (Lipinski definition) is 8. The van der Waals surface area contributed by atoms with E-state index in [2.05, 4.69) is 5.32 Å². The first kappa shape index (κ1) is 22.5. The average Bonchev–Trinajstić information content (AvgIpc) is 3.08. The summed E-state index contributed by atoms with van der Waals surface area (Å²) in [6.45, 7) is 1.25. The molecule has 2 aromatic carbocycles. The van der Waals surface area contributed by atoms with Gasteiger partial charge in [0.25, 0.3) is 11.6 Å². The molecule has 3 aromatic rings. The molecule has 32 heavy (non-hydrogen) atoms. The summed E-state index contributed by atoms with van der Waals surface area (Å²) >= 11 is 0. The summed E-state index contributed by atoms with van der Waals surface area (Å²) in [6.07, 6.45) is -0.493. The highest BCUT2D eigenvalue weighted by Gasteiger charge is 2.21. The van der Waals surface area contributed by atoms with Gasteiger partial charge >= 0.3 is 11.7 Å². The first-order valence-corrected chi connectivity index (χ1v) is 9.66. The molecule has 0 spiro atoms. The maximum absolute atomic E-state index is 12.2. The summed E-state index contributed by atoms with van der Waals surface area (Å²) in [5, 5.41) is 13.5. The van der Waals surface area contributed by atoms with Gasteiger partial charge in [-0.05, 0) is 37.1 Å². The van der Waals surface area contributed by atoms with Gasteiger partial charge in [0.15, 0.2) is 11.7 Å². The fourth-order valence-electron chi connectivity index (χ4n) is 3.00. The van der Waals surface area contributed by atoms with E-state index < -0.39 is 35.2 Å². The smallest absolute Gasteiger partial charge is 0.420 e. The average molecular weight is 443 g/mol. The number of ether oxygens (including phenoxy) is 2. The van der Waals surface area contributed by atoms with Crippen LogP contribution in [0.3, 0.4) is 0 Å². The minimum atomic E-state index is -1.08. The molecular formula is C21H21N3O8. The van der Waals surface area contributed by atoms with Crippen LogP contribution in [-0.2, 0) is 27.3 Å². The molecule has 0 fully saturated rings. The Labute approximate surface area is 181 Å². The molecule has 11 nitrogen and oxygen atoms in total. The molecule has 168 valence electrons. The Hall–Kier alpha value is -4.15. The number of aromatic nitrogens is 1. The highest BCUT2D eigenvalue weighted by molar-refractivity contribution is 5.84. The SMILES string of the molecule is COc1ccc(CCNC(=O)C(C)OC(=O)Cn2c(=O)oc3cc([N+](=O)[O-])ccc32)cc1. The monoisotopic (exact) mass is 443 g/mol. The van der Waals surface area contributed by atoms with Gasteiger partial charge in [0.05, 0.1) is 23.6 Å². The predicted molar refractivity (Wildman–Crippen MR) is 112 cm³/mol. The normalized spacial score (nSPS) is 11.7. The highest BCUT2D eigenvalue weighted by Crippen LogP contribution is 2.20. The van der Waals surface area contributed by atoms with Crippen LogP contribution in [0.1, 0.15) is 12.5 Å². The van der Waals surface area contributed by atoms with E-state index in [1.165, 1.54) is 19.1 Å². The van der Waals surface area contributed by atoms with Crippen LogP contribution in [0, 0.1) is 10.1 Å². The van der Waals surface area contributed by atoms with E-state index in [-0.39, 0.29) is 16.8 Å². The first-order chi connectivity index (χ1) is 15.3. The number of nitro groups is 1. The Kier molecular flexibility index (Phi) is 6.88. The fourth-order valence-corrected chi connectivity index (χ4v) is 3.00. The number of rotatable bonds is 9. The summed E-state index contributed by atoms with van der Waals surface area (Å²) in [5.41, 5.74) is 0.929. The molecule has 1 atom stereocenters. The zero-order valence-electron chi connectivity index (χ0n) is 17.4. The second-order valence-corrected chi connectivity index (χ2v) is 6.88. The number of methoxy groups -OCH3 is 1. The molecule has 11 heteroatoms. The number of benzene rings is 2. The number of hydrogen-bond donors (Lipinski definition) is 1. The zero-order chi connectivity index (χ0) is 23.3. The lowest BCUT2D eigenvalue weighted by molar-refractivity contribution is -0.384. The van der Waals surface area contributed by atoms with Crippen molar-refractivity contribution in [2.24, 2.45) is 0 Å². The molecule has 0 saturated heterocycles. The van der Waals surface area contributed by atoms with Crippen LogP contribution >= 0.6 is 0 Å². The summed E-state index contributed by atoms with van der Waals surface area (Å²) in [6, 6.07) is 11.0. The van der Waals surface area contributed by atoms with Crippen molar-refractivity contribution in [3.05, 3.63) is 68.7 Å². The standard InChI is InChI=1S/C21H21N3O8/c1-13(20(26)22-10-9-14-3-6-16(30-2)7-4-14)31-19(25)12-23-17-8-5-15(24(28)29)11-18(17)32-21(23)27/h3-8,11,13H,9-10,12H2,1-2H3,(H,22,26). The Balaban J connectivity index is 1.53. The van der Waals surface area contributed by atoms with Gasteiger partial charge in [-0.2, -0.15) is 0 Å². The molecule has 0 bridgehead atoms. The van der Waals surface area contributed by atoms with E-state index >= 15 is 0 Å². The van der Waals surface area contributed by atoms with E-state index in [1.54, 1.807) is 7.11 Å². The molecule has 1 N–H and O–H groups in total. The number of non-ortho nitro benzene ring substituents is 1. The molecule has 0 radical (unpaired) electrons. The Bertz CT molecular complexity index is 1200. The number of nitrogens with one attached hydrogen (secondary N) is 1. The molecule has 0 aliphatic carbocycles. The van der Waals surface area contributed by atoms with Crippen LogP contribution in [0.15, 0.2) is 51.7 Å². The van der Waals surface area contributed by atoms with Gasteiger partial charge in [-0.25, -0.2) is 4.79 Å². The van der Waals surface area contributed by atoms with E-state index in [4.69, 9.17) is 13.9 Å². The Morgan fingerprint density at radius 3 is 2.59 bits per heavy atom. The van der Waals surface area contributed by atoms with E-state index in [9.17, 15) is 24.5 Å². The van der Waals surface area contributed by atoms with Gasteiger partial charge < -0.3 is 19.2 Å². The van der Waals surface area contributed by atoms with Crippen LogP contribution in [0.25, 0.3) is 11.1 Å². The van der Waals surface area contributed by atoms with Crippen molar-refractivity contribution >= 4 is 28.7 Å². The van der Waals surface area contributed by atoms with Gasteiger partial charge in [0, 0.05) is 12.6 Å². The summed E-state index contributed by atoms with van der Waals surface area (Å²) in [4.78, 5) is 46.7. The van der Waals surface area contributed by atoms with Gasteiger partial charge in [-0.3, -0.25) is 24.3 Å². The number of amides is 1. The number of nitrogens with zero attached hydrogens (tertiary/aromatic N) is 2. The molecule has 1 aromatic heterocycles. The quantitative estimate of drug-likeness (QED) is 0.300. The lowest BCUT2D eigenvalue weighted by atomic mass is 10.1. The van der Waals surface area contributed by atoms with E-state index in [1.807, 2.05) is 24.3 Å². The van der Waals surface area contributed by atoms with Crippen molar-refractivity contribution in [1.29, 1.82) is 0 Å². The van der Waals surface area contributed by atoms with Crippen LogP contribution in [0.4, 0.5) is 5.69 Å². The second kappa shape index (κ2) is 9.77. The molecular weight excluding hydrogens is 422 g/mol. The summed E-state index contributed by atoms with van der Waals surface area (Å²) in [7, 11) is 1.58. The van der Waals surface area contributed by atoms with Crippen molar-refractivity contribution in [1.82, 2.24) is 9.88 Å². The lowest BCUT2D eigenvalue weighted by Crippen LogP contribution is -2.37. The summed E-state index contributed by atoms with van der Waals surface area (Å²) in [5.74, 6) is -1.44. The second-order valence-electron chi connectivity index (χ2n) is 6.88. The molecule has 1 amide bonds. The maximum atomic E-state index is 12.2. The van der Waals surface area contributed by atoms with Gasteiger partial charge in [0.1, 0.15) is 12.3 Å². The predicted octanol–water partition coefficient (Wildman–Crippen LogP) is 1.80. The van der Waals surface area contributed by atoms with Crippen molar-refractivity contribution in [3.63, 3.8) is 0 Å². The van der Waals surface area contributed by atoms with Crippen molar-refractivity contribution < 1.29 is 28.4 Å². The third-order valence-corrected chi connectivity index (χ3v) is 4.70. The third-order valence-electron chi connectivity index (χ3n) is 4.70. The maximum Gasteiger partial charge on any atom is 0.420 e. The van der Waals surface area contributed by atoms with Crippen LogP contribution in [-0.4, -0.2) is 41.1 Å². The molecule has 3 rings (SSSR count). The molecule has 1 unspecified atom stereocenters. The molecule has 1 heterocycles. The van der Waals surface area contributed by atoms with E-state index in [0.29, 0.717) is 13.0 Å². The molecule has 0 aliphatic heterocycles. The van der Waals surface area contributed by atoms with E-state index in [0.717, 1.165) is 21.9 Å². The Morgan fingerprint density at radius 1 is 1.22 bits per heavy atom. The molecule has 0 saturated carbocycles. The van der Waals surface area contributed by atoms with Gasteiger partial charge in [-0.1, -0.05) is 12.1 Å². The van der Waals surface area contributed by atoms with Crippen LogP contribution in [0.5, 0.6) is 5.75 Å². The number of nitro benzene ring substituents is 1. The van der Waals surface area contributed by atoms with Gasteiger partial charge in [-0.15, -0.1) is 0 Å². The lowest BCUT2D eigenvalue weighted by Gasteiger charge is -2.13. The number of carbonyl (C=O) groups excluding carboxylic acids is 2. The Morgan fingerprint density at radius 2 is 1.94 bits per heavy atom. The van der Waals surface area contributed by atoms with Gasteiger partial charge in [0.2, 0.25) is 0 Å². The van der Waals surface area contributed by atoms with Crippen molar-refractivity contribution in [2.45, 2.75) is 26.0 Å². The van der Waals surface area contributed by atoms with Crippen molar-refractivity contribution in [2.75, 3.05) is 13.7 Å². The van der Waals surface area contributed by atoms with Crippen molar-refractivity contribution in [3.8, 4) is 5.75 Å². The largest absolute Gasteiger partial charge is 0.497 e. The highest BCUT2D eigenvalue weighted by atomic mass is 16.6. The fraction of sp³-hybridized carbons (Fsp3) is 0.286. The number of carbonyl (C=O) groups is 2. The van der Waals surface area contributed by atoms with Crippen LogP contribution in [0.2, 0.25) is 0 Å². The third kappa shape index (κ3) is 5.31. The number of fused-ring (bicyclic) bond motifs is 1. The molecule has 0 aliphatic rings. The topological polar surface area (TPSA) is 143 Å². The van der Waals surface area contributed by atoms with Crippen LogP contribution < -0.4 is 15.8 Å². The zero-order valence-corrected chi connectivity index (χ0v) is 17.4. The number of oxazole rings is 1. The number of esters is 1. The minimum Gasteiger partial charge on any atom is -0.497 e. The minimum absolute atomic E-state index is 0.0266.